The average Bonchev–Trinajstić information content (AvgIpc) is 2.38. The van der Waals surface area contributed by atoms with Crippen molar-refractivity contribution < 1.29 is 0 Å². The van der Waals surface area contributed by atoms with E-state index in [4.69, 9.17) is 0 Å². The van der Waals surface area contributed by atoms with Crippen LogP contribution in [0.4, 0.5) is 0 Å². The molecule has 1 aromatic carbocycles. The lowest BCUT2D eigenvalue weighted by atomic mass is 10.0. The molecule has 0 radical (unpaired) electrons. The van der Waals surface area contributed by atoms with E-state index in [2.05, 4.69) is 40.6 Å². The first-order chi connectivity index (χ1) is 7.90. The molecule has 2 nitrogen and oxygen atoms in total. The van der Waals surface area contributed by atoms with Gasteiger partial charge >= 0.3 is 0 Å². The van der Waals surface area contributed by atoms with Gasteiger partial charge in [0.1, 0.15) is 0 Å². The molecule has 0 aliphatic heterocycles. The number of hydrogen-bond acceptors (Lipinski definition) is 2. The van der Waals surface area contributed by atoms with Crippen molar-refractivity contribution in [3.8, 4) is 0 Å². The number of aromatic nitrogens is 1. The van der Waals surface area contributed by atoms with Gasteiger partial charge in [-0.05, 0) is 31.2 Å². The standard InChI is InChI=1S/C14H16N2/c1-15-14(13-9-5-6-10-16-13)11-12-7-3-2-4-8-12/h2-10,14-15H,11H2,1H3/t14-/m0/s1. The molecular formula is C14H16N2. The summed E-state index contributed by atoms with van der Waals surface area (Å²) in [5.74, 6) is 0. The molecule has 0 bridgehead atoms. The fourth-order valence-electron chi connectivity index (χ4n) is 1.79. The summed E-state index contributed by atoms with van der Waals surface area (Å²) in [5, 5.41) is 3.30. The van der Waals surface area contributed by atoms with Crippen molar-refractivity contribution in [3.63, 3.8) is 0 Å². The van der Waals surface area contributed by atoms with Crippen LogP contribution in [0.3, 0.4) is 0 Å². The number of pyridine rings is 1. The number of likely N-dealkylation sites (N-methyl/N-ethyl adjacent to an activating group) is 1. The highest BCUT2D eigenvalue weighted by molar-refractivity contribution is 5.19. The summed E-state index contributed by atoms with van der Waals surface area (Å²) >= 11 is 0. The number of benzene rings is 1. The Labute approximate surface area is 96.4 Å². The molecule has 1 aromatic heterocycles. The predicted molar refractivity (Wildman–Crippen MR) is 66.2 cm³/mol. The zero-order chi connectivity index (χ0) is 11.2. The van der Waals surface area contributed by atoms with Crippen LogP contribution in [0, 0.1) is 0 Å². The molecule has 0 saturated heterocycles. The van der Waals surface area contributed by atoms with Gasteiger partial charge in [-0.1, -0.05) is 36.4 Å². The van der Waals surface area contributed by atoms with Crippen LogP contribution >= 0.6 is 0 Å². The Kier molecular flexibility index (Phi) is 3.67. The Morgan fingerprint density at radius 3 is 2.44 bits per heavy atom. The molecule has 1 heterocycles. The Morgan fingerprint density at radius 2 is 1.81 bits per heavy atom. The van der Waals surface area contributed by atoms with Gasteiger partial charge in [0, 0.05) is 6.20 Å². The molecule has 2 heteroatoms. The monoisotopic (exact) mass is 212 g/mol. The molecule has 1 atom stereocenters. The van der Waals surface area contributed by atoms with Gasteiger partial charge in [0.2, 0.25) is 0 Å². The lowest BCUT2D eigenvalue weighted by molar-refractivity contribution is 0.576. The smallest absolute Gasteiger partial charge is 0.0576 e. The van der Waals surface area contributed by atoms with Crippen LogP contribution in [-0.2, 0) is 6.42 Å². The lowest BCUT2D eigenvalue weighted by Crippen LogP contribution is -2.19. The summed E-state index contributed by atoms with van der Waals surface area (Å²) in [7, 11) is 1.97. The second-order valence-corrected chi connectivity index (χ2v) is 3.79. The molecule has 1 N–H and O–H groups in total. The van der Waals surface area contributed by atoms with Gasteiger partial charge in [0.15, 0.2) is 0 Å². The minimum absolute atomic E-state index is 0.281. The van der Waals surface area contributed by atoms with E-state index >= 15 is 0 Å². The minimum atomic E-state index is 0.281. The molecule has 2 rings (SSSR count). The van der Waals surface area contributed by atoms with E-state index in [-0.39, 0.29) is 6.04 Å². The molecule has 2 aromatic rings. The summed E-state index contributed by atoms with van der Waals surface area (Å²) in [6.07, 6.45) is 2.80. The molecule has 0 aliphatic carbocycles. The van der Waals surface area contributed by atoms with Gasteiger partial charge in [-0.15, -0.1) is 0 Å². The Balaban J connectivity index is 2.13. The zero-order valence-corrected chi connectivity index (χ0v) is 9.43. The fraction of sp³-hybridized carbons (Fsp3) is 0.214. The van der Waals surface area contributed by atoms with E-state index in [0.717, 1.165) is 12.1 Å². The number of nitrogens with zero attached hydrogens (tertiary/aromatic N) is 1. The van der Waals surface area contributed by atoms with E-state index in [0.29, 0.717) is 0 Å². The van der Waals surface area contributed by atoms with Crippen LogP contribution in [0.1, 0.15) is 17.3 Å². The first kappa shape index (κ1) is 10.8. The van der Waals surface area contributed by atoms with E-state index in [9.17, 15) is 0 Å². The van der Waals surface area contributed by atoms with Crippen LogP contribution < -0.4 is 5.32 Å². The van der Waals surface area contributed by atoms with Crippen molar-refractivity contribution >= 4 is 0 Å². The topological polar surface area (TPSA) is 24.9 Å². The van der Waals surface area contributed by atoms with Crippen LogP contribution in [-0.4, -0.2) is 12.0 Å². The molecule has 0 saturated carbocycles. The maximum absolute atomic E-state index is 4.38. The summed E-state index contributed by atoms with van der Waals surface area (Å²) in [5.41, 5.74) is 2.42. The summed E-state index contributed by atoms with van der Waals surface area (Å²) in [4.78, 5) is 4.38. The van der Waals surface area contributed by atoms with Gasteiger partial charge < -0.3 is 5.32 Å². The van der Waals surface area contributed by atoms with Gasteiger partial charge in [-0.2, -0.15) is 0 Å². The summed E-state index contributed by atoms with van der Waals surface area (Å²) < 4.78 is 0. The van der Waals surface area contributed by atoms with Gasteiger partial charge in [-0.25, -0.2) is 0 Å². The number of nitrogens with one attached hydrogen (secondary N) is 1. The number of rotatable bonds is 4. The molecule has 16 heavy (non-hydrogen) atoms. The normalized spacial score (nSPS) is 12.3. The van der Waals surface area contributed by atoms with E-state index < -0.39 is 0 Å². The Bertz CT molecular complexity index is 411. The lowest BCUT2D eigenvalue weighted by Gasteiger charge is -2.15. The van der Waals surface area contributed by atoms with Crippen molar-refractivity contribution in [1.29, 1.82) is 0 Å². The molecule has 0 aliphatic rings. The zero-order valence-electron chi connectivity index (χ0n) is 9.43. The second kappa shape index (κ2) is 5.42. The average molecular weight is 212 g/mol. The van der Waals surface area contributed by atoms with Gasteiger partial charge in [0.25, 0.3) is 0 Å². The third-order valence-electron chi connectivity index (χ3n) is 2.68. The summed E-state index contributed by atoms with van der Waals surface area (Å²) in [6.45, 7) is 0. The molecular weight excluding hydrogens is 196 g/mol. The van der Waals surface area contributed by atoms with Crippen LogP contribution in [0.2, 0.25) is 0 Å². The highest BCUT2D eigenvalue weighted by atomic mass is 14.9. The highest BCUT2D eigenvalue weighted by Crippen LogP contribution is 2.15. The van der Waals surface area contributed by atoms with E-state index in [1.807, 2.05) is 31.4 Å². The largest absolute Gasteiger partial charge is 0.311 e. The fourth-order valence-corrected chi connectivity index (χ4v) is 1.79. The summed E-state index contributed by atoms with van der Waals surface area (Å²) in [6, 6.07) is 16.8. The van der Waals surface area contributed by atoms with Crippen molar-refractivity contribution in [3.05, 3.63) is 66.0 Å². The van der Waals surface area contributed by atoms with Crippen LogP contribution in [0.5, 0.6) is 0 Å². The first-order valence-corrected chi connectivity index (χ1v) is 5.52. The number of hydrogen-bond donors (Lipinski definition) is 1. The maximum atomic E-state index is 4.38. The van der Waals surface area contributed by atoms with Crippen LogP contribution in [0.15, 0.2) is 54.7 Å². The SMILES string of the molecule is CN[C@@H](Cc1ccccc1)c1ccccn1. The van der Waals surface area contributed by atoms with Gasteiger partial charge in [0.05, 0.1) is 11.7 Å². The third-order valence-corrected chi connectivity index (χ3v) is 2.68. The molecule has 0 fully saturated rings. The minimum Gasteiger partial charge on any atom is -0.311 e. The van der Waals surface area contributed by atoms with Gasteiger partial charge in [-0.3, -0.25) is 4.98 Å². The quantitative estimate of drug-likeness (QED) is 0.842. The Morgan fingerprint density at radius 1 is 1.06 bits per heavy atom. The molecule has 82 valence electrons. The van der Waals surface area contributed by atoms with E-state index in [1.165, 1.54) is 5.56 Å². The van der Waals surface area contributed by atoms with Crippen molar-refractivity contribution in [2.24, 2.45) is 0 Å². The maximum Gasteiger partial charge on any atom is 0.0576 e. The second-order valence-electron chi connectivity index (χ2n) is 3.79. The van der Waals surface area contributed by atoms with Crippen LogP contribution in [0.25, 0.3) is 0 Å². The molecule has 0 spiro atoms. The predicted octanol–water partition coefficient (Wildman–Crippen LogP) is 2.58. The first-order valence-electron chi connectivity index (χ1n) is 5.52. The van der Waals surface area contributed by atoms with Crippen molar-refractivity contribution in [1.82, 2.24) is 10.3 Å². The van der Waals surface area contributed by atoms with Crippen molar-refractivity contribution in [2.75, 3.05) is 7.05 Å². The molecule has 0 amide bonds. The highest BCUT2D eigenvalue weighted by Gasteiger charge is 2.10. The van der Waals surface area contributed by atoms with Crippen molar-refractivity contribution in [2.45, 2.75) is 12.5 Å². The third kappa shape index (κ3) is 2.67. The Hall–Kier alpha value is -1.67. The van der Waals surface area contributed by atoms with E-state index in [1.54, 1.807) is 0 Å². The molecule has 0 unspecified atom stereocenters.